The van der Waals surface area contributed by atoms with E-state index in [1.807, 2.05) is 51.1 Å². The maximum absolute atomic E-state index is 12.0. The minimum absolute atomic E-state index is 0.175. The Balaban J connectivity index is 1.48. The fourth-order valence-corrected chi connectivity index (χ4v) is 3.67. The summed E-state index contributed by atoms with van der Waals surface area (Å²) in [5, 5.41) is 5.01. The Labute approximate surface area is 158 Å². The van der Waals surface area contributed by atoms with E-state index in [9.17, 15) is 4.79 Å². The number of rotatable bonds is 5. The van der Waals surface area contributed by atoms with E-state index in [-0.39, 0.29) is 5.97 Å². The lowest BCUT2D eigenvalue weighted by Gasteiger charge is -2.31. The number of carbonyl (C=O) groups excluding carboxylic acids is 1. The van der Waals surface area contributed by atoms with Gasteiger partial charge in [-0.2, -0.15) is 0 Å². The second-order valence-corrected chi connectivity index (χ2v) is 8.50. The van der Waals surface area contributed by atoms with E-state index in [2.05, 4.69) is 5.38 Å². The molecular formula is C20H26N2O3S. The maximum atomic E-state index is 12.0. The van der Waals surface area contributed by atoms with Crippen LogP contribution in [0, 0.1) is 5.41 Å². The first-order chi connectivity index (χ1) is 12.4. The van der Waals surface area contributed by atoms with Crippen LogP contribution in [0.4, 0.5) is 0 Å². The zero-order valence-electron chi connectivity index (χ0n) is 15.6. The van der Waals surface area contributed by atoms with Crippen molar-refractivity contribution in [3.63, 3.8) is 0 Å². The van der Waals surface area contributed by atoms with E-state index in [1.165, 1.54) is 0 Å². The minimum Gasteiger partial charge on any atom is -0.487 e. The molecule has 1 aliphatic heterocycles. The molecule has 6 heteroatoms. The van der Waals surface area contributed by atoms with Gasteiger partial charge < -0.3 is 9.57 Å². The topological polar surface area (TPSA) is 51.7 Å². The smallest absolute Gasteiger partial charge is 0.330 e. The molecule has 1 aromatic heterocycles. The van der Waals surface area contributed by atoms with Crippen molar-refractivity contribution in [2.75, 3.05) is 13.1 Å². The second-order valence-electron chi connectivity index (χ2n) is 7.61. The van der Waals surface area contributed by atoms with Gasteiger partial charge in [0.05, 0.1) is 16.1 Å². The number of carbonyl (C=O) groups is 1. The number of thiazole rings is 1. The maximum Gasteiger partial charge on any atom is 0.330 e. The number of hydrogen-bond acceptors (Lipinski definition) is 6. The van der Waals surface area contributed by atoms with E-state index in [0.29, 0.717) is 12.5 Å². The molecule has 0 amide bonds. The number of benzene rings is 1. The van der Waals surface area contributed by atoms with Gasteiger partial charge in [0.2, 0.25) is 0 Å². The predicted molar refractivity (Wildman–Crippen MR) is 102 cm³/mol. The van der Waals surface area contributed by atoms with Gasteiger partial charge in [0.15, 0.2) is 0 Å². The van der Waals surface area contributed by atoms with E-state index >= 15 is 0 Å². The monoisotopic (exact) mass is 374 g/mol. The molecule has 1 saturated heterocycles. The molecule has 2 heterocycles. The first-order valence-corrected chi connectivity index (χ1v) is 9.89. The van der Waals surface area contributed by atoms with Gasteiger partial charge in [-0.3, -0.25) is 0 Å². The van der Waals surface area contributed by atoms with Crippen molar-refractivity contribution >= 4 is 17.3 Å². The zero-order chi connectivity index (χ0) is 18.6. The largest absolute Gasteiger partial charge is 0.487 e. The van der Waals surface area contributed by atoms with Crippen LogP contribution in [0.5, 0.6) is 5.75 Å². The Morgan fingerprint density at radius 2 is 1.92 bits per heavy atom. The van der Waals surface area contributed by atoms with Gasteiger partial charge in [-0.15, -0.1) is 16.4 Å². The van der Waals surface area contributed by atoms with Crippen molar-refractivity contribution in [2.24, 2.45) is 5.41 Å². The van der Waals surface area contributed by atoms with Gasteiger partial charge >= 0.3 is 5.97 Å². The Bertz CT molecular complexity index is 716. The lowest BCUT2D eigenvalue weighted by Crippen LogP contribution is -2.38. The molecule has 26 heavy (non-hydrogen) atoms. The summed E-state index contributed by atoms with van der Waals surface area (Å²) >= 11 is 1.69. The summed E-state index contributed by atoms with van der Waals surface area (Å²) in [6, 6.07) is 9.78. The molecule has 1 fully saturated rings. The molecular weight excluding hydrogens is 348 g/mol. The number of aromatic nitrogens is 1. The van der Waals surface area contributed by atoms with Crippen LogP contribution in [0.15, 0.2) is 35.7 Å². The van der Waals surface area contributed by atoms with Crippen molar-refractivity contribution in [1.82, 2.24) is 10.0 Å². The number of nitrogens with zero attached hydrogens (tertiary/aromatic N) is 2. The molecule has 0 N–H and O–H groups in total. The van der Waals surface area contributed by atoms with Crippen molar-refractivity contribution in [3.8, 4) is 5.75 Å². The van der Waals surface area contributed by atoms with Crippen molar-refractivity contribution < 1.29 is 14.4 Å². The van der Waals surface area contributed by atoms with E-state index in [0.717, 1.165) is 42.4 Å². The number of hydroxylamine groups is 2. The van der Waals surface area contributed by atoms with Crippen LogP contribution in [-0.4, -0.2) is 29.1 Å². The number of piperidine rings is 1. The van der Waals surface area contributed by atoms with Crippen LogP contribution in [0.3, 0.4) is 0 Å². The number of hydrogen-bond donors (Lipinski definition) is 0. The Hall–Kier alpha value is -1.92. The Kier molecular flexibility index (Phi) is 5.94. The van der Waals surface area contributed by atoms with Gasteiger partial charge in [-0.1, -0.05) is 18.2 Å². The summed E-state index contributed by atoms with van der Waals surface area (Å²) in [5.41, 5.74) is 0.496. The quantitative estimate of drug-likeness (QED) is 0.776. The van der Waals surface area contributed by atoms with Crippen LogP contribution in [0.1, 0.15) is 50.2 Å². The fraction of sp³-hybridized carbons (Fsp3) is 0.500. The third kappa shape index (κ3) is 5.05. The third-order valence-corrected chi connectivity index (χ3v) is 5.38. The highest BCUT2D eigenvalue weighted by atomic mass is 32.1. The summed E-state index contributed by atoms with van der Waals surface area (Å²) < 4.78 is 5.76. The highest BCUT2D eigenvalue weighted by Crippen LogP contribution is 2.31. The first-order valence-electron chi connectivity index (χ1n) is 9.01. The summed E-state index contributed by atoms with van der Waals surface area (Å²) in [6.45, 7) is 7.61. The zero-order valence-corrected chi connectivity index (χ0v) is 16.4. The first kappa shape index (κ1) is 18.9. The van der Waals surface area contributed by atoms with E-state index < -0.39 is 5.41 Å². The van der Waals surface area contributed by atoms with Crippen LogP contribution in [0.2, 0.25) is 0 Å². The van der Waals surface area contributed by atoms with Gasteiger partial charge in [0, 0.05) is 24.4 Å². The molecule has 0 aliphatic carbocycles. The lowest BCUT2D eigenvalue weighted by atomic mass is 9.97. The molecule has 0 radical (unpaired) electrons. The molecule has 3 rings (SSSR count). The van der Waals surface area contributed by atoms with Crippen LogP contribution in [-0.2, 0) is 16.2 Å². The lowest BCUT2D eigenvalue weighted by molar-refractivity contribution is -0.204. The molecule has 1 aliphatic rings. The van der Waals surface area contributed by atoms with Gasteiger partial charge in [0.1, 0.15) is 12.4 Å². The third-order valence-electron chi connectivity index (χ3n) is 4.33. The van der Waals surface area contributed by atoms with Crippen LogP contribution in [0.25, 0.3) is 0 Å². The van der Waals surface area contributed by atoms with Crippen molar-refractivity contribution in [1.29, 1.82) is 0 Å². The molecule has 0 unspecified atom stereocenters. The Morgan fingerprint density at radius 3 is 2.58 bits per heavy atom. The standard InChI is InChI=1S/C20H26N2O3S/c1-20(2,3)19(23)25-22-11-9-15(10-12-22)18-21-16(14-26-18)13-24-17-7-5-4-6-8-17/h4-8,14-15H,9-13H2,1-3H3. The SMILES string of the molecule is CC(C)(C)C(=O)ON1CCC(c2nc(COc3ccccc3)cs2)CC1. The summed E-state index contributed by atoms with van der Waals surface area (Å²) in [7, 11) is 0. The second kappa shape index (κ2) is 8.18. The molecule has 2 aromatic rings. The number of para-hydroxylation sites is 1. The van der Waals surface area contributed by atoms with Crippen molar-refractivity contribution in [2.45, 2.75) is 46.1 Å². The number of ether oxygens (including phenoxy) is 1. The van der Waals surface area contributed by atoms with E-state index in [4.69, 9.17) is 14.6 Å². The van der Waals surface area contributed by atoms with E-state index in [1.54, 1.807) is 16.4 Å². The molecule has 140 valence electrons. The molecule has 0 bridgehead atoms. The van der Waals surface area contributed by atoms with Gasteiger partial charge in [-0.05, 0) is 45.7 Å². The fourth-order valence-electron chi connectivity index (χ4n) is 2.70. The molecule has 1 aromatic carbocycles. The van der Waals surface area contributed by atoms with Crippen LogP contribution >= 0.6 is 11.3 Å². The summed E-state index contributed by atoms with van der Waals surface area (Å²) in [5.74, 6) is 1.11. The average molecular weight is 375 g/mol. The highest BCUT2D eigenvalue weighted by Gasteiger charge is 2.29. The minimum atomic E-state index is -0.472. The van der Waals surface area contributed by atoms with Crippen LogP contribution < -0.4 is 4.74 Å². The molecule has 5 nitrogen and oxygen atoms in total. The van der Waals surface area contributed by atoms with Crippen molar-refractivity contribution in [3.05, 3.63) is 46.4 Å². The van der Waals surface area contributed by atoms with Gasteiger partial charge in [-0.25, -0.2) is 9.78 Å². The predicted octanol–water partition coefficient (Wildman–Crippen LogP) is 4.41. The normalized spacial score (nSPS) is 16.4. The highest BCUT2D eigenvalue weighted by molar-refractivity contribution is 7.09. The molecule has 0 atom stereocenters. The summed E-state index contributed by atoms with van der Waals surface area (Å²) in [6.07, 6.45) is 1.90. The average Bonchev–Trinajstić information content (AvgIpc) is 3.10. The molecule has 0 saturated carbocycles. The molecule has 0 spiro atoms. The summed E-state index contributed by atoms with van der Waals surface area (Å²) in [4.78, 5) is 22.2. The Morgan fingerprint density at radius 1 is 1.23 bits per heavy atom. The van der Waals surface area contributed by atoms with Gasteiger partial charge in [0.25, 0.3) is 0 Å².